The van der Waals surface area contributed by atoms with Gasteiger partial charge in [-0.25, -0.2) is 0 Å². The van der Waals surface area contributed by atoms with E-state index in [0.29, 0.717) is 13.1 Å². The van der Waals surface area contributed by atoms with E-state index in [2.05, 4.69) is 17.2 Å². The standard InChI is InChI=1S/C10H16N2O3/c1-2-5-11-9(13)10(14)12-7-8-4-3-6-15-8/h2,8H,1,3-7H2,(H,11,13)(H,12,14)/t8-/m0/s1. The van der Waals surface area contributed by atoms with Crippen LogP contribution in [0.2, 0.25) is 0 Å². The van der Waals surface area contributed by atoms with E-state index in [4.69, 9.17) is 4.74 Å². The maximum atomic E-state index is 11.2. The summed E-state index contributed by atoms with van der Waals surface area (Å²) in [6.45, 7) is 4.87. The molecule has 0 spiro atoms. The van der Waals surface area contributed by atoms with E-state index >= 15 is 0 Å². The fourth-order valence-corrected chi connectivity index (χ4v) is 1.34. The van der Waals surface area contributed by atoms with Crippen molar-refractivity contribution >= 4 is 11.8 Å². The smallest absolute Gasteiger partial charge is 0.309 e. The van der Waals surface area contributed by atoms with Crippen molar-refractivity contribution in [2.75, 3.05) is 19.7 Å². The molecule has 0 aromatic carbocycles. The van der Waals surface area contributed by atoms with E-state index in [0.717, 1.165) is 19.4 Å². The number of carbonyl (C=O) groups excluding carboxylic acids is 2. The number of nitrogens with one attached hydrogen (secondary N) is 2. The predicted octanol–water partition coefficient (Wildman–Crippen LogP) is -0.416. The molecule has 1 atom stereocenters. The largest absolute Gasteiger partial charge is 0.376 e. The third kappa shape index (κ3) is 4.12. The SMILES string of the molecule is C=CCNC(=O)C(=O)NC[C@@H]1CCCO1. The second-order valence-corrected chi connectivity index (χ2v) is 3.34. The molecule has 1 aliphatic heterocycles. The summed E-state index contributed by atoms with van der Waals surface area (Å²) < 4.78 is 5.30. The molecule has 5 nitrogen and oxygen atoms in total. The van der Waals surface area contributed by atoms with E-state index in [-0.39, 0.29) is 6.10 Å². The summed E-state index contributed by atoms with van der Waals surface area (Å²) >= 11 is 0. The number of carbonyl (C=O) groups is 2. The molecular formula is C10H16N2O3. The monoisotopic (exact) mass is 212 g/mol. The number of rotatable bonds is 4. The number of amides is 2. The minimum absolute atomic E-state index is 0.0566. The van der Waals surface area contributed by atoms with Crippen LogP contribution in [0.1, 0.15) is 12.8 Å². The van der Waals surface area contributed by atoms with Crippen LogP contribution in [-0.4, -0.2) is 37.6 Å². The van der Waals surface area contributed by atoms with Crippen molar-refractivity contribution in [1.29, 1.82) is 0 Å². The molecule has 1 aliphatic rings. The van der Waals surface area contributed by atoms with Gasteiger partial charge in [-0.1, -0.05) is 6.08 Å². The first-order chi connectivity index (χ1) is 7.24. The average Bonchev–Trinajstić information content (AvgIpc) is 2.75. The molecule has 84 valence electrons. The number of hydrogen-bond acceptors (Lipinski definition) is 3. The Kier molecular flexibility index (Phi) is 4.83. The van der Waals surface area contributed by atoms with Gasteiger partial charge in [0.25, 0.3) is 0 Å². The molecule has 0 bridgehead atoms. The highest BCUT2D eigenvalue weighted by Gasteiger charge is 2.18. The zero-order chi connectivity index (χ0) is 11.1. The van der Waals surface area contributed by atoms with E-state index in [1.807, 2.05) is 0 Å². The molecule has 0 aromatic rings. The topological polar surface area (TPSA) is 67.4 Å². The minimum atomic E-state index is -0.632. The Balaban J connectivity index is 2.16. The molecule has 15 heavy (non-hydrogen) atoms. The van der Waals surface area contributed by atoms with E-state index in [1.54, 1.807) is 0 Å². The van der Waals surface area contributed by atoms with Gasteiger partial charge in [-0.3, -0.25) is 9.59 Å². The van der Waals surface area contributed by atoms with Gasteiger partial charge in [-0.05, 0) is 12.8 Å². The molecule has 1 saturated heterocycles. The lowest BCUT2D eigenvalue weighted by atomic mass is 10.2. The van der Waals surface area contributed by atoms with E-state index in [1.165, 1.54) is 6.08 Å². The number of hydrogen-bond donors (Lipinski definition) is 2. The van der Waals surface area contributed by atoms with Gasteiger partial charge >= 0.3 is 11.8 Å². The summed E-state index contributed by atoms with van der Waals surface area (Å²) in [7, 11) is 0. The second kappa shape index (κ2) is 6.19. The summed E-state index contributed by atoms with van der Waals surface area (Å²) in [5.74, 6) is -1.25. The second-order valence-electron chi connectivity index (χ2n) is 3.34. The highest BCUT2D eigenvalue weighted by atomic mass is 16.5. The van der Waals surface area contributed by atoms with Crippen LogP contribution in [-0.2, 0) is 14.3 Å². The Morgan fingerprint density at radius 3 is 2.73 bits per heavy atom. The Labute approximate surface area is 88.9 Å². The first-order valence-corrected chi connectivity index (χ1v) is 5.02. The van der Waals surface area contributed by atoms with Crippen LogP contribution >= 0.6 is 0 Å². The average molecular weight is 212 g/mol. The van der Waals surface area contributed by atoms with Crippen molar-refractivity contribution < 1.29 is 14.3 Å². The summed E-state index contributed by atoms with van der Waals surface area (Å²) in [5, 5.41) is 4.92. The molecule has 2 N–H and O–H groups in total. The molecule has 0 unspecified atom stereocenters. The van der Waals surface area contributed by atoms with E-state index < -0.39 is 11.8 Å². The third-order valence-corrected chi connectivity index (χ3v) is 2.13. The molecule has 0 saturated carbocycles. The predicted molar refractivity (Wildman–Crippen MR) is 55.2 cm³/mol. The van der Waals surface area contributed by atoms with Crippen LogP contribution in [0.4, 0.5) is 0 Å². The van der Waals surface area contributed by atoms with Crippen LogP contribution in [0.3, 0.4) is 0 Å². The summed E-state index contributed by atoms with van der Waals surface area (Å²) in [4.78, 5) is 22.3. The normalized spacial score (nSPS) is 19.6. The molecule has 0 radical (unpaired) electrons. The first kappa shape index (κ1) is 11.7. The maximum Gasteiger partial charge on any atom is 0.309 e. The van der Waals surface area contributed by atoms with Crippen LogP contribution in [0.25, 0.3) is 0 Å². The van der Waals surface area contributed by atoms with Crippen LogP contribution in [0.5, 0.6) is 0 Å². The van der Waals surface area contributed by atoms with Crippen molar-refractivity contribution in [2.45, 2.75) is 18.9 Å². The van der Waals surface area contributed by atoms with Crippen LogP contribution < -0.4 is 10.6 Å². The van der Waals surface area contributed by atoms with Gasteiger partial charge in [0.05, 0.1) is 6.10 Å². The maximum absolute atomic E-state index is 11.2. The van der Waals surface area contributed by atoms with Crippen molar-refractivity contribution in [3.8, 4) is 0 Å². The highest BCUT2D eigenvalue weighted by Crippen LogP contribution is 2.10. The van der Waals surface area contributed by atoms with Crippen molar-refractivity contribution in [2.24, 2.45) is 0 Å². The van der Waals surface area contributed by atoms with Crippen molar-refractivity contribution in [3.05, 3.63) is 12.7 Å². The quantitative estimate of drug-likeness (QED) is 0.491. The Hall–Kier alpha value is -1.36. The van der Waals surface area contributed by atoms with Gasteiger partial charge in [0.15, 0.2) is 0 Å². The summed E-state index contributed by atoms with van der Waals surface area (Å²) in [5.41, 5.74) is 0. The zero-order valence-corrected chi connectivity index (χ0v) is 8.62. The van der Waals surface area contributed by atoms with Gasteiger partial charge in [-0.15, -0.1) is 6.58 Å². The van der Waals surface area contributed by atoms with Gasteiger partial charge in [0, 0.05) is 19.7 Å². The summed E-state index contributed by atoms with van der Waals surface area (Å²) in [6.07, 6.45) is 3.53. The molecule has 1 fully saturated rings. The van der Waals surface area contributed by atoms with Gasteiger partial charge < -0.3 is 15.4 Å². The molecule has 1 rings (SSSR count). The Morgan fingerprint density at radius 1 is 1.40 bits per heavy atom. The lowest BCUT2D eigenvalue weighted by Gasteiger charge is -2.10. The molecule has 1 heterocycles. The van der Waals surface area contributed by atoms with Crippen LogP contribution in [0.15, 0.2) is 12.7 Å². The Bertz CT molecular complexity index is 247. The molecular weight excluding hydrogens is 196 g/mol. The van der Waals surface area contributed by atoms with Gasteiger partial charge in [0.2, 0.25) is 0 Å². The minimum Gasteiger partial charge on any atom is -0.376 e. The van der Waals surface area contributed by atoms with Crippen molar-refractivity contribution in [3.63, 3.8) is 0 Å². The van der Waals surface area contributed by atoms with Gasteiger partial charge in [-0.2, -0.15) is 0 Å². The van der Waals surface area contributed by atoms with Crippen molar-refractivity contribution in [1.82, 2.24) is 10.6 Å². The molecule has 0 aromatic heterocycles. The van der Waals surface area contributed by atoms with Crippen LogP contribution in [0, 0.1) is 0 Å². The highest BCUT2D eigenvalue weighted by molar-refractivity contribution is 6.35. The molecule has 2 amide bonds. The van der Waals surface area contributed by atoms with E-state index in [9.17, 15) is 9.59 Å². The fraction of sp³-hybridized carbons (Fsp3) is 0.600. The molecule has 5 heteroatoms. The lowest BCUT2D eigenvalue weighted by Crippen LogP contribution is -2.42. The first-order valence-electron chi connectivity index (χ1n) is 5.02. The zero-order valence-electron chi connectivity index (χ0n) is 8.62. The summed E-state index contributed by atoms with van der Waals surface area (Å²) in [6, 6.07) is 0. The fourth-order valence-electron chi connectivity index (χ4n) is 1.34. The Morgan fingerprint density at radius 2 is 2.13 bits per heavy atom. The number of ether oxygens (including phenoxy) is 1. The lowest BCUT2D eigenvalue weighted by molar-refractivity contribution is -0.139. The third-order valence-electron chi connectivity index (χ3n) is 2.13. The molecule has 0 aliphatic carbocycles. The van der Waals surface area contributed by atoms with Gasteiger partial charge in [0.1, 0.15) is 0 Å².